The van der Waals surface area contributed by atoms with Crippen molar-refractivity contribution in [3.05, 3.63) is 34.3 Å². The lowest BCUT2D eigenvalue weighted by Gasteiger charge is -2.07. The number of aryl methyl sites for hydroxylation is 1. The molecule has 1 radical (unpaired) electrons. The van der Waals surface area contributed by atoms with Gasteiger partial charge in [-0.2, -0.15) is 0 Å². The highest BCUT2D eigenvalue weighted by atomic mass is 35.5. The minimum absolute atomic E-state index is 0.361. The minimum Gasteiger partial charge on any atom is -0.393 e. The number of benzene rings is 1. The summed E-state index contributed by atoms with van der Waals surface area (Å²) >= 11 is 5.99. The lowest BCUT2D eigenvalue weighted by atomic mass is 10.1. The van der Waals surface area contributed by atoms with E-state index in [1.807, 2.05) is 19.1 Å². The summed E-state index contributed by atoms with van der Waals surface area (Å²) in [5, 5.41) is 9.86. The zero-order valence-corrected chi connectivity index (χ0v) is 8.02. The third kappa shape index (κ3) is 2.23. The van der Waals surface area contributed by atoms with Crippen molar-refractivity contribution in [2.45, 2.75) is 26.4 Å². The molecule has 0 aliphatic rings. The maximum absolute atomic E-state index is 9.14. The predicted octanol–water partition coefficient (Wildman–Crippen LogP) is 2.37. The molecule has 0 amide bonds. The third-order valence-corrected chi connectivity index (χ3v) is 2.23. The number of hydrogen-bond acceptors (Lipinski definition) is 1. The van der Waals surface area contributed by atoms with Crippen LogP contribution in [0.1, 0.15) is 18.1 Å². The maximum atomic E-state index is 9.14. The fourth-order valence-corrected chi connectivity index (χ4v) is 1.28. The van der Waals surface area contributed by atoms with Crippen molar-refractivity contribution in [2.75, 3.05) is 0 Å². The maximum Gasteiger partial charge on any atom is 0.0553 e. The molecule has 1 atom stereocenters. The van der Waals surface area contributed by atoms with Gasteiger partial charge in [-0.05, 0) is 31.0 Å². The van der Waals surface area contributed by atoms with Gasteiger partial charge in [-0.25, -0.2) is 0 Å². The van der Waals surface area contributed by atoms with E-state index in [1.54, 1.807) is 6.92 Å². The topological polar surface area (TPSA) is 20.2 Å². The van der Waals surface area contributed by atoms with Gasteiger partial charge in [0.2, 0.25) is 0 Å². The number of rotatable bonds is 2. The molecule has 0 aromatic heterocycles. The van der Waals surface area contributed by atoms with Crippen LogP contribution in [0.5, 0.6) is 0 Å². The van der Waals surface area contributed by atoms with Crippen molar-refractivity contribution in [3.8, 4) is 0 Å². The van der Waals surface area contributed by atoms with Gasteiger partial charge in [-0.15, -0.1) is 0 Å². The molecule has 0 saturated carbocycles. The summed E-state index contributed by atoms with van der Waals surface area (Å²) in [6, 6.07) is 6.76. The fraction of sp³-hybridized carbons (Fsp3) is 0.400. The molecular weight excluding hydrogens is 172 g/mol. The fourth-order valence-electron chi connectivity index (χ4n) is 1.09. The van der Waals surface area contributed by atoms with E-state index in [0.29, 0.717) is 6.42 Å². The zero-order valence-electron chi connectivity index (χ0n) is 7.26. The SMILES string of the molecule is Cc1cc[c]c(CC(C)O)c1Cl. The van der Waals surface area contributed by atoms with Gasteiger partial charge in [-0.3, -0.25) is 0 Å². The molecule has 0 heterocycles. The Balaban J connectivity index is 2.92. The van der Waals surface area contributed by atoms with Gasteiger partial charge in [0.05, 0.1) is 6.10 Å². The highest BCUT2D eigenvalue weighted by molar-refractivity contribution is 6.32. The lowest BCUT2D eigenvalue weighted by Crippen LogP contribution is -2.05. The van der Waals surface area contributed by atoms with E-state index in [0.717, 1.165) is 16.1 Å². The molecule has 1 nitrogen and oxygen atoms in total. The summed E-state index contributed by atoms with van der Waals surface area (Å²) in [5.41, 5.74) is 1.93. The molecule has 1 aromatic carbocycles. The first-order chi connectivity index (χ1) is 5.61. The highest BCUT2D eigenvalue weighted by Crippen LogP contribution is 2.20. The van der Waals surface area contributed by atoms with Crippen molar-refractivity contribution in [1.29, 1.82) is 0 Å². The van der Waals surface area contributed by atoms with Crippen LogP contribution in [0.25, 0.3) is 0 Å². The van der Waals surface area contributed by atoms with Crippen molar-refractivity contribution in [1.82, 2.24) is 0 Å². The van der Waals surface area contributed by atoms with Gasteiger partial charge in [0.1, 0.15) is 0 Å². The molecule has 0 spiro atoms. The van der Waals surface area contributed by atoms with Crippen LogP contribution < -0.4 is 0 Å². The predicted molar refractivity (Wildman–Crippen MR) is 50.4 cm³/mol. The molecule has 0 saturated heterocycles. The molecule has 1 N–H and O–H groups in total. The summed E-state index contributed by atoms with van der Waals surface area (Å²) < 4.78 is 0. The largest absolute Gasteiger partial charge is 0.393 e. The van der Waals surface area contributed by atoms with Crippen molar-refractivity contribution in [3.63, 3.8) is 0 Å². The molecule has 12 heavy (non-hydrogen) atoms. The Morgan fingerprint density at radius 2 is 2.33 bits per heavy atom. The molecule has 0 aliphatic carbocycles. The van der Waals surface area contributed by atoms with Crippen LogP contribution in [0.4, 0.5) is 0 Å². The molecule has 0 bridgehead atoms. The van der Waals surface area contributed by atoms with E-state index in [1.165, 1.54) is 0 Å². The van der Waals surface area contributed by atoms with Crippen LogP contribution in [-0.4, -0.2) is 11.2 Å². The standard InChI is InChI=1S/C10H12ClO/c1-7-4-3-5-9(10(7)11)6-8(2)12/h3-4,8,12H,6H2,1-2H3. The second-order valence-electron chi connectivity index (χ2n) is 3.01. The number of aliphatic hydroxyl groups is 1. The van der Waals surface area contributed by atoms with E-state index in [9.17, 15) is 0 Å². The lowest BCUT2D eigenvalue weighted by molar-refractivity contribution is 0.195. The zero-order chi connectivity index (χ0) is 9.14. The molecule has 1 rings (SSSR count). The first-order valence-electron chi connectivity index (χ1n) is 3.95. The smallest absolute Gasteiger partial charge is 0.0553 e. The molecule has 65 valence electrons. The van der Waals surface area contributed by atoms with Gasteiger partial charge in [0, 0.05) is 11.4 Å². The average Bonchev–Trinajstić information content (AvgIpc) is 1.98. The van der Waals surface area contributed by atoms with Crippen molar-refractivity contribution >= 4 is 11.6 Å². The van der Waals surface area contributed by atoms with Crippen LogP contribution >= 0.6 is 11.6 Å². The van der Waals surface area contributed by atoms with E-state index >= 15 is 0 Å². The Labute approximate surface area is 78.0 Å². The second-order valence-corrected chi connectivity index (χ2v) is 3.38. The first-order valence-corrected chi connectivity index (χ1v) is 4.32. The van der Waals surface area contributed by atoms with E-state index < -0.39 is 0 Å². The Kier molecular flexibility index (Phi) is 3.12. The Bertz CT molecular complexity index is 269. The van der Waals surface area contributed by atoms with Gasteiger partial charge < -0.3 is 5.11 Å². The van der Waals surface area contributed by atoms with Crippen LogP contribution in [0.2, 0.25) is 5.02 Å². The first kappa shape index (κ1) is 9.56. The average molecular weight is 184 g/mol. The van der Waals surface area contributed by atoms with Gasteiger partial charge in [-0.1, -0.05) is 23.7 Å². The number of halogens is 1. The van der Waals surface area contributed by atoms with Gasteiger partial charge in [0.25, 0.3) is 0 Å². The summed E-state index contributed by atoms with van der Waals surface area (Å²) in [4.78, 5) is 0. The molecule has 1 aromatic rings. The van der Waals surface area contributed by atoms with Crippen LogP contribution in [-0.2, 0) is 6.42 Å². The second kappa shape index (κ2) is 3.92. The van der Waals surface area contributed by atoms with Crippen molar-refractivity contribution in [2.24, 2.45) is 0 Å². The molecule has 2 heteroatoms. The third-order valence-electron chi connectivity index (χ3n) is 1.70. The quantitative estimate of drug-likeness (QED) is 0.747. The Morgan fingerprint density at radius 3 is 2.92 bits per heavy atom. The van der Waals surface area contributed by atoms with E-state index in [2.05, 4.69) is 6.07 Å². The monoisotopic (exact) mass is 183 g/mol. The van der Waals surface area contributed by atoms with Crippen molar-refractivity contribution < 1.29 is 5.11 Å². The Hall–Kier alpha value is -0.530. The molecule has 1 unspecified atom stereocenters. The minimum atomic E-state index is -0.361. The van der Waals surface area contributed by atoms with Crippen LogP contribution in [0, 0.1) is 13.0 Å². The molecule has 0 fully saturated rings. The van der Waals surface area contributed by atoms with Gasteiger partial charge in [0.15, 0.2) is 0 Å². The van der Waals surface area contributed by atoms with Gasteiger partial charge >= 0.3 is 0 Å². The Morgan fingerprint density at radius 1 is 1.67 bits per heavy atom. The summed E-state index contributed by atoms with van der Waals surface area (Å²) in [6.45, 7) is 3.69. The molecular formula is C10H12ClO. The van der Waals surface area contributed by atoms with Crippen LogP contribution in [0.3, 0.4) is 0 Å². The van der Waals surface area contributed by atoms with Crippen LogP contribution in [0.15, 0.2) is 12.1 Å². The highest BCUT2D eigenvalue weighted by Gasteiger charge is 2.05. The summed E-state index contributed by atoms with van der Waals surface area (Å²) in [7, 11) is 0. The normalized spacial score (nSPS) is 13.0. The number of hydrogen-bond donors (Lipinski definition) is 1. The van der Waals surface area contributed by atoms with E-state index in [-0.39, 0.29) is 6.10 Å². The molecule has 0 aliphatic heterocycles. The summed E-state index contributed by atoms with van der Waals surface area (Å²) in [6.07, 6.45) is 0.209. The number of aliphatic hydroxyl groups excluding tert-OH is 1. The summed E-state index contributed by atoms with van der Waals surface area (Å²) in [5.74, 6) is 0. The van der Waals surface area contributed by atoms with E-state index in [4.69, 9.17) is 16.7 Å².